The molecule has 4 atom stereocenters. The van der Waals surface area contributed by atoms with Crippen LogP contribution < -0.4 is 0 Å². The molecule has 0 aromatic carbocycles. The van der Waals surface area contributed by atoms with Gasteiger partial charge in [0.25, 0.3) is 0 Å². The van der Waals surface area contributed by atoms with Crippen LogP contribution in [-0.2, 0) is 37.4 Å². The third-order valence-electron chi connectivity index (χ3n) is 15.1. The Hall–Kier alpha value is -1.52. The lowest BCUT2D eigenvalue weighted by molar-refractivity contribution is -0.870. The van der Waals surface area contributed by atoms with Gasteiger partial charge in [-0.3, -0.25) is 24.0 Å². The number of phosphoric ester groups is 1. The fourth-order valence-electron chi connectivity index (χ4n) is 10.0. The highest BCUT2D eigenvalue weighted by atomic mass is 31.2. The lowest BCUT2D eigenvalue weighted by Gasteiger charge is -2.50. The van der Waals surface area contributed by atoms with Gasteiger partial charge in [-0.1, -0.05) is 145 Å². The molecule has 2 aliphatic rings. The first kappa shape index (κ1) is 58.6. The van der Waals surface area contributed by atoms with E-state index >= 15 is 0 Å². The summed E-state index contributed by atoms with van der Waals surface area (Å²) in [6.45, 7) is 16.7. The van der Waals surface area contributed by atoms with Crippen LogP contribution >= 0.6 is 7.82 Å². The summed E-state index contributed by atoms with van der Waals surface area (Å²) in [7, 11) is 1.40. The van der Waals surface area contributed by atoms with E-state index in [1.807, 2.05) is 21.1 Å². The maximum Gasteiger partial charge on any atom is 0.472 e. The van der Waals surface area contributed by atoms with E-state index in [9.17, 15) is 19.0 Å². The zero-order chi connectivity index (χ0) is 47.7. The van der Waals surface area contributed by atoms with E-state index in [1.165, 1.54) is 109 Å². The van der Waals surface area contributed by atoms with Crippen molar-refractivity contribution in [1.82, 2.24) is 0 Å². The molecule has 64 heavy (non-hydrogen) atoms. The Labute approximate surface area is 392 Å². The van der Waals surface area contributed by atoms with Gasteiger partial charge in [0.1, 0.15) is 25.9 Å². The molecular formula is C52H100N2O9P+. The summed E-state index contributed by atoms with van der Waals surface area (Å²) in [5.41, 5.74) is 0.687. The van der Waals surface area contributed by atoms with Gasteiger partial charge in [0.05, 0.1) is 34.2 Å². The smallest absolute Gasteiger partial charge is 0.472 e. The number of carbonyl (C=O) groups excluding carboxylic acids is 2. The normalized spacial score (nSPS) is 24.1. The quantitative estimate of drug-likeness (QED) is 0.0159. The predicted octanol–water partition coefficient (Wildman–Crippen LogP) is 13.8. The summed E-state index contributed by atoms with van der Waals surface area (Å²) in [6.07, 6.45) is 27.8. The number of unbranched alkanes of at least 4 members (excludes halogenated alkanes) is 12. The van der Waals surface area contributed by atoms with Gasteiger partial charge in [-0.25, -0.2) is 4.57 Å². The van der Waals surface area contributed by atoms with Crippen molar-refractivity contribution in [2.45, 2.75) is 234 Å². The highest BCUT2D eigenvalue weighted by molar-refractivity contribution is 7.47. The van der Waals surface area contributed by atoms with E-state index in [4.69, 9.17) is 28.7 Å². The van der Waals surface area contributed by atoms with Crippen LogP contribution in [0.3, 0.4) is 0 Å². The average molecular weight is 928 g/mol. The van der Waals surface area contributed by atoms with Gasteiger partial charge < -0.3 is 23.6 Å². The largest absolute Gasteiger partial charge is 0.472 e. The number of quaternary nitrogens is 1. The molecule has 2 N–H and O–H groups in total. The van der Waals surface area contributed by atoms with E-state index in [1.54, 1.807) is 0 Å². The minimum absolute atomic E-state index is 0.00669. The Morgan fingerprint density at radius 3 is 1.83 bits per heavy atom. The number of esters is 2. The zero-order valence-corrected chi connectivity index (χ0v) is 43.9. The highest BCUT2D eigenvalue weighted by Gasteiger charge is 2.45. The van der Waals surface area contributed by atoms with Crippen molar-refractivity contribution in [3.05, 3.63) is 0 Å². The van der Waals surface area contributed by atoms with Crippen LogP contribution in [0.1, 0.15) is 222 Å². The molecule has 2 aliphatic carbocycles. The maximum absolute atomic E-state index is 13.0. The Kier molecular flexibility index (Phi) is 28.2. The lowest BCUT2D eigenvalue weighted by atomic mass is 9.55. The first-order chi connectivity index (χ1) is 30.2. The van der Waals surface area contributed by atoms with Crippen molar-refractivity contribution in [3.63, 3.8) is 0 Å². The Morgan fingerprint density at radius 1 is 0.719 bits per heavy atom. The monoisotopic (exact) mass is 928 g/mol. The molecule has 0 amide bonds. The van der Waals surface area contributed by atoms with Gasteiger partial charge in [0, 0.05) is 12.8 Å². The summed E-state index contributed by atoms with van der Waals surface area (Å²) >= 11 is 0. The van der Waals surface area contributed by atoms with Crippen LogP contribution in [-0.4, -0.2) is 86.9 Å². The van der Waals surface area contributed by atoms with Crippen LogP contribution in [0.25, 0.3) is 0 Å². The molecule has 2 saturated carbocycles. The summed E-state index contributed by atoms with van der Waals surface area (Å²) < 4.78 is 40.8. The van der Waals surface area contributed by atoms with Crippen molar-refractivity contribution >= 4 is 25.7 Å². The van der Waals surface area contributed by atoms with Gasteiger partial charge in [0.2, 0.25) is 0 Å². The molecule has 0 saturated heterocycles. The summed E-state index contributed by atoms with van der Waals surface area (Å²) in [6, 6.07) is 0. The SMILES string of the molecule is CCCCCCCCCCCCCCCC(=O)OC[C@H](COP(=O)(O)OCC[N+](C)(C)C)OC(=N)CCC(=O)OC1CCC(C)(C2CCC(C)([C@@H](C)[C@@H](C)CCCC(C)C)CC2)CC1. The molecule has 2 fully saturated rings. The maximum atomic E-state index is 13.0. The van der Waals surface area contributed by atoms with E-state index < -0.39 is 26.5 Å². The third-order valence-corrected chi connectivity index (χ3v) is 16.1. The van der Waals surface area contributed by atoms with Crippen molar-refractivity contribution in [1.29, 1.82) is 5.41 Å². The molecular weight excluding hydrogens is 828 g/mol. The van der Waals surface area contributed by atoms with Gasteiger partial charge in [0.15, 0.2) is 12.0 Å². The molecule has 0 aromatic heterocycles. The first-order valence-corrected chi connectivity index (χ1v) is 27.7. The van der Waals surface area contributed by atoms with Crippen LogP contribution in [0.15, 0.2) is 0 Å². The molecule has 11 nitrogen and oxygen atoms in total. The Morgan fingerprint density at radius 2 is 1.28 bits per heavy atom. The van der Waals surface area contributed by atoms with Gasteiger partial charge in [-0.05, 0) is 92.3 Å². The number of nitrogens with zero attached hydrogens (tertiary/aromatic N) is 1. The molecule has 0 spiro atoms. The molecule has 0 heterocycles. The van der Waals surface area contributed by atoms with E-state index in [2.05, 4.69) is 48.5 Å². The number of carbonyl (C=O) groups is 2. The number of ether oxygens (including phenoxy) is 3. The fourth-order valence-corrected chi connectivity index (χ4v) is 10.8. The van der Waals surface area contributed by atoms with E-state index in [-0.39, 0.29) is 55.9 Å². The predicted molar refractivity (Wildman–Crippen MR) is 261 cm³/mol. The standard InChI is InChI=1S/C52H99N2O9P/c1-11-12-13-14-15-16-17-18-19-20-21-22-23-27-49(55)59-40-47(41-61-64(57,58)60-39-38-54(8,9)10)62-48(53)28-29-50(56)63-46-32-36-52(7,37-33-46)45-30-34-51(6,35-31-45)44(5)43(4)26-24-25-42(2)3/h42-47,53H,11-41H2,1-10H3/p+1/t43-,44-,45?,46?,47+,51?,52?/m0/s1. The molecule has 12 heteroatoms. The van der Waals surface area contributed by atoms with E-state index in [0.717, 1.165) is 62.7 Å². The van der Waals surface area contributed by atoms with Gasteiger partial charge >= 0.3 is 19.8 Å². The Bertz CT molecular complexity index is 1340. The third kappa shape index (κ3) is 25.6. The van der Waals surface area contributed by atoms with Crippen molar-refractivity contribution in [2.75, 3.05) is 47.5 Å². The molecule has 2 rings (SSSR count). The number of hydrogen-bond acceptors (Lipinski definition) is 9. The molecule has 376 valence electrons. The lowest BCUT2D eigenvalue weighted by Crippen LogP contribution is -2.41. The number of hydrogen-bond donors (Lipinski definition) is 2. The molecule has 1 unspecified atom stereocenters. The summed E-state index contributed by atoms with van der Waals surface area (Å²) in [5, 5.41) is 8.49. The van der Waals surface area contributed by atoms with Gasteiger partial charge in [-0.2, -0.15) is 0 Å². The molecule has 0 radical (unpaired) electrons. The Balaban J connectivity index is 1.77. The fraction of sp³-hybridized carbons (Fsp3) is 0.942. The first-order valence-electron chi connectivity index (χ1n) is 26.2. The second kappa shape index (κ2) is 30.8. The zero-order valence-electron chi connectivity index (χ0n) is 43.0. The van der Waals surface area contributed by atoms with E-state index in [0.29, 0.717) is 22.4 Å². The number of likely N-dealkylation sites (N-methyl/N-ethyl adjacent to an activating group) is 1. The minimum Gasteiger partial charge on any atom is -0.472 e. The summed E-state index contributed by atoms with van der Waals surface area (Å²) in [4.78, 5) is 36.0. The molecule has 0 bridgehead atoms. The second-order valence-electron chi connectivity index (χ2n) is 22.3. The minimum atomic E-state index is -4.43. The molecule has 0 aliphatic heterocycles. The number of rotatable bonds is 35. The average Bonchev–Trinajstić information content (AvgIpc) is 3.22. The molecule has 0 aromatic rings. The summed E-state index contributed by atoms with van der Waals surface area (Å²) in [5.74, 6) is 2.01. The van der Waals surface area contributed by atoms with Crippen molar-refractivity contribution in [2.24, 2.45) is 34.5 Å². The van der Waals surface area contributed by atoms with Crippen molar-refractivity contribution in [3.8, 4) is 0 Å². The van der Waals surface area contributed by atoms with Crippen LogP contribution in [0.5, 0.6) is 0 Å². The second-order valence-corrected chi connectivity index (χ2v) is 23.8. The van der Waals surface area contributed by atoms with Crippen molar-refractivity contribution < 1.29 is 46.8 Å². The number of phosphoric acid groups is 1. The van der Waals surface area contributed by atoms with Crippen LogP contribution in [0, 0.1) is 39.9 Å². The van der Waals surface area contributed by atoms with Crippen LogP contribution in [0.2, 0.25) is 0 Å². The topological polar surface area (TPSA) is 141 Å². The highest BCUT2D eigenvalue weighted by Crippen LogP contribution is 2.54. The van der Waals surface area contributed by atoms with Gasteiger partial charge in [-0.15, -0.1) is 0 Å². The van der Waals surface area contributed by atoms with Crippen LogP contribution in [0.4, 0.5) is 0 Å². The number of nitrogens with one attached hydrogen (secondary N) is 1.